The molecule has 0 bridgehead atoms. The summed E-state index contributed by atoms with van der Waals surface area (Å²) >= 11 is 1.53. The van der Waals surface area contributed by atoms with Gasteiger partial charge in [-0.15, -0.1) is 12.4 Å². The number of aryl methyl sites for hydroxylation is 2. The van der Waals surface area contributed by atoms with Gasteiger partial charge in [-0.3, -0.25) is 24.2 Å². The Kier molecular flexibility index (Phi) is 8.07. The summed E-state index contributed by atoms with van der Waals surface area (Å²) in [7, 11) is 4.02. The zero-order valence-electron chi connectivity index (χ0n) is 19.8. The second-order valence-corrected chi connectivity index (χ2v) is 9.69. The van der Waals surface area contributed by atoms with E-state index in [1.165, 1.54) is 16.2 Å². The Labute approximate surface area is 209 Å². The van der Waals surface area contributed by atoms with Crippen LogP contribution in [0.1, 0.15) is 40.7 Å². The van der Waals surface area contributed by atoms with Crippen molar-refractivity contribution in [2.75, 3.05) is 37.0 Å². The van der Waals surface area contributed by atoms with Crippen LogP contribution in [0.2, 0.25) is 0 Å². The lowest BCUT2D eigenvalue weighted by Crippen LogP contribution is -2.33. The third-order valence-electron chi connectivity index (χ3n) is 5.70. The van der Waals surface area contributed by atoms with Gasteiger partial charge in [0.25, 0.3) is 5.91 Å². The number of hydrogen-bond donors (Lipinski definition) is 0. The number of hydrogen-bond acceptors (Lipinski definition) is 6. The van der Waals surface area contributed by atoms with Crippen molar-refractivity contribution in [2.24, 2.45) is 0 Å². The lowest BCUT2D eigenvalue weighted by molar-refractivity contribution is -0.121. The summed E-state index contributed by atoms with van der Waals surface area (Å²) in [6, 6.07) is 10.9. The number of rotatable bonds is 7. The van der Waals surface area contributed by atoms with E-state index in [0.717, 1.165) is 34.3 Å². The largest absolute Gasteiger partial charge is 0.309 e. The van der Waals surface area contributed by atoms with Crippen LogP contribution < -0.4 is 9.80 Å². The predicted molar refractivity (Wildman–Crippen MR) is 139 cm³/mol. The van der Waals surface area contributed by atoms with E-state index in [1.807, 2.05) is 27.1 Å². The Morgan fingerprint density at radius 3 is 2.29 bits per heavy atom. The van der Waals surface area contributed by atoms with Crippen molar-refractivity contribution in [3.8, 4) is 0 Å². The summed E-state index contributed by atoms with van der Waals surface area (Å²) in [6.45, 7) is 5.50. The number of anilines is 2. The fourth-order valence-corrected chi connectivity index (χ4v) is 5.12. The number of thiazole rings is 1. The third kappa shape index (κ3) is 5.29. The topological polar surface area (TPSA) is 73.8 Å². The van der Waals surface area contributed by atoms with Gasteiger partial charge >= 0.3 is 0 Å². The average molecular weight is 501 g/mol. The van der Waals surface area contributed by atoms with E-state index in [4.69, 9.17) is 4.98 Å². The second kappa shape index (κ2) is 10.6. The molecule has 7 nitrogen and oxygen atoms in total. The summed E-state index contributed by atoms with van der Waals surface area (Å²) < 4.78 is 1.09. The van der Waals surface area contributed by atoms with Crippen LogP contribution in [0.3, 0.4) is 0 Å². The van der Waals surface area contributed by atoms with Crippen LogP contribution in [0.4, 0.5) is 10.8 Å². The monoisotopic (exact) mass is 500 g/mol. The van der Waals surface area contributed by atoms with Gasteiger partial charge in [0.1, 0.15) is 0 Å². The molecule has 0 saturated carbocycles. The molecule has 0 unspecified atom stereocenters. The van der Waals surface area contributed by atoms with Crippen molar-refractivity contribution < 1.29 is 14.4 Å². The highest BCUT2D eigenvalue weighted by molar-refractivity contribution is 7.22. The van der Waals surface area contributed by atoms with Crippen molar-refractivity contribution in [3.63, 3.8) is 0 Å². The molecule has 2 aromatic carbocycles. The van der Waals surface area contributed by atoms with E-state index in [2.05, 4.69) is 17.9 Å². The predicted octanol–water partition coefficient (Wildman–Crippen LogP) is 4.59. The average Bonchev–Trinajstić information content (AvgIpc) is 3.33. The number of amides is 3. The number of imide groups is 1. The van der Waals surface area contributed by atoms with Crippen LogP contribution in [-0.2, 0) is 9.59 Å². The van der Waals surface area contributed by atoms with Crippen molar-refractivity contribution >= 4 is 62.5 Å². The summed E-state index contributed by atoms with van der Waals surface area (Å²) in [5.74, 6) is -0.554. The first-order chi connectivity index (χ1) is 15.7. The number of fused-ring (bicyclic) bond motifs is 1. The molecule has 1 aromatic heterocycles. The van der Waals surface area contributed by atoms with Gasteiger partial charge in [0.2, 0.25) is 11.8 Å². The molecule has 0 spiro atoms. The number of carbonyl (C=O) groups excluding carboxylic acids is 3. The standard InChI is InChI=1S/C25H28N4O3S.ClH/c1-16-14-17(2)23-20(15-16)26-25(33-23)28(13-5-12-27(3)4)24(32)18-6-8-19(9-7-18)29-21(30)10-11-22(29)31;/h6-9,14-15H,5,10-13H2,1-4H3;1H. The molecular weight excluding hydrogens is 472 g/mol. The summed E-state index contributed by atoms with van der Waals surface area (Å²) in [4.78, 5) is 47.4. The zero-order valence-corrected chi connectivity index (χ0v) is 21.5. The normalized spacial score (nSPS) is 13.6. The van der Waals surface area contributed by atoms with E-state index in [-0.39, 0.29) is 43.0 Å². The number of nitrogens with zero attached hydrogens (tertiary/aromatic N) is 4. The highest BCUT2D eigenvalue weighted by Gasteiger charge is 2.30. The van der Waals surface area contributed by atoms with Gasteiger partial charge in [0.05, 0.1) is 15.9 Å². The van der Waals surface area contributed by atoms with Crippen LogP contribution >= 0.6 is 23.7 Å². The van der Waals surface area contributed by atoms with Crippen molar-refractivity contribution in [2.45, 2.75) is 33.1 Å². The molecule has 0 atom stereocenters. The third-order valence-corrected chi connectivity index (χ3v) is 6.93. The molecule has 0 aliphatic carbocycles. The summed E-state index contributed by atoms with van der Waals surface area (Å²) in [5.41, 5.74) is 4.20. The Morgan fingerprint density at radius 1 is 1.03 bits per heavy atom. The lowest BCUT2D eigenvalue weighted by Gasteiger charge is -2.21. The maximum atomic E-state index is 13.5. The van der Waals surface area contributed by atoms with Crippen molar-refractivity contribution in [3.05, 3.63) is 53.1 Å². The zero-order chi connectivity index (χ0) is 23.7. The molecule has 4 rings (SSSR count). The molecule has 2 heterocycles. The molecular formula is C25H29ClN4O3S. The second-order valence-electron chi connectivity index (χ2n) is 8.71. The quantitative estimate of drug-likeness (QED) is 0.444. The molecule has 9 heteroatoms. The van der Waals surface area contributed by atoms with Gasteiger partial charge in [-0.1, -0.05) is 17.4 Å². The van der Waals surface area contributed by atoms with E-state index < -0.39 is 0 Å². The molecule has 1 fully saturated rings. The van der Waals surface area contributed by atoms with Gasteiger partial charge in [0, 0.05) is 24.9 Å². The number of halogens is 1. The maximum absolute atomic E-state index is 13.5. The van der Waals surface area contributed by atoms with Gasteiger partial charge in [-0.05, 0) is 82.4 Å². The molecule has 3 amide bonds. The van der Waals surface area contributed by atoms with Crippen LogP contribution in [0, 0.1) is 13.8 Å². The Morgan fingerprint density at radius 2 is 1.68 bits per heavy atom. The molecule has 0 radical (unpaired) electrons. The van der Waals surface area contributed by atoms with Crippen LogP contribution in [0.15, 0.2) is 36.4 Å². The minimum absolute atomic E-state index is 0. The molecule has 1 aliphatic heterocycles. The lowest BCUT2D eigenvalue weighted by atomic mass is 10.1. The van der Waals surface area contributed by atoms with Gasteiger partial charge < -0.3 is 4.90 Å². The number of benzene rings is 2. The highest BCUT2D eigenvalue weighted by Crippen LogP contribution is 2.33. The first kappa shape index (κ1) is 25.8. The fraction of sp³-hybridized carbons (Fsp3) is 0.360. The van der Waals surface area contributed by atoms with Crippen LogP contribution in [0.25, 0.3) is 10.2 Å². The Hall–Kier alpha value is -2.81. The first-order valence-corrected chi connectivity index (χ1v) is 11.9. The smallest absolute Gasteiger partial charge is 0.260 e. The molecule has 3 aromatic rings. The van der Waals surface area contributed by atoms with E-state index in [0.29, 0.717) is 22.9 Å². The van der Waals surface area contributed by atoms with Crippen LogP contribution in [0.5, 0.6) is 0 Å². The molecule has 0 N–H and O–H groups in total. The SMILES string of the molecule is Cc1cc(C)c2sc(N(CCCN(C)C)C(=O)c3ccc(N4C(=O)CCC4=O)cc3)nc2c1.Cl. The highest BCUT2D eigenvalue weighted by atomic mass is 35.5. The number of aromatic nitrogens is 1. The Balaban J connectivity index is 0.00000324. The van der Waals surface area contributed by atoms with Crippen molar-refractivity contribution in [1.82, 2.24) is 9.88 Å². The number of carbonyl (C=O) groups is 3. The van der Waals surface area contributed by atoms with Crippen LogP contribution in [-0.4, -0.2) is 54.8 Å². The maximum Gasteiger partial charge on any atom is 0.260 e. The molecule has 1 aliphatic rings. The minimum Gasteiger partial charge on any atom is -0.309 e. The van der Waals surface area contributed by atoms with Gasteiger partial charge in [-0.25, -0.2) is 4.98 Å². The Bertz CT molecular complexity index is 1210. The fourth-order valence-electron chi connectivity index (χ4n) is 4.08. The van der Waals surface area contributed by atoms with Crippen molar-refractivity contribution in [1.29, 1.82) is 0 Å². The minimum atomic E-state index is -0.204. The summed E-state index contributed by atoms with van der Waals surface area (Å²) in [5, 5.41) is 0.677. The van der Waals surface area contributed by atoms with Gasteiger partial charge in [-0.2, -0.15) is 0 Å². The molecule has 180 valence electrons. The molecule has 34 heavy (non-hydrogen) atoms. The first-order valence-electron chi connectivity index (χ1n) is 11.0. The molecule has 1 saturated heterocycles. The van der Waals surface area contributed by atoms with Gasteiger partial charge in [0.15, 0.2) is 5.13 Å². The van der Waals surface area contributed by atoms with E-state index >= 15 is 0 Å². The van der Waals surface area contributed by atoms with E-state index in [1.54, 1.807) is 29.2 Å². The van der Waals surface area contributed by atoms with E-state index in [9.17, 15) is 14.4 Å². The summed E-state index contributed by atoms with van der Waals surface area (Å²) in [6.07, 6.45) is 1.27.